The zero-order valence-electron chi connectivity index (χ0n) is 11.3. The van der Waals surface area contributed by atoms with E-state index < -0.39 is 17.6 Å². The predicted octanol–water partition coefficient (Wildman–Crippen LogP) is 2.88. The minimum atomic E-state index is -1.07. The second-order valence-corrected chi connectivity index (χ2v) is 4.67. The van der Waals surface area contributed by atoms with Gasteiger partial charge in [-0.15, -0.1) is 0 Å². The fourth-order valence-electron chi connectivity index (χ4n) is 2.03. The molecule has 0 unspecified atom stereocenters. The second-order valence-electron chi connectivity index (χ2n) is 4.67. The molecule has 0 amide bonds. The SMILES string of the molecule is CN(Cc1ccc(F)cc1F)c1ccc(C(=O)O)cc1N. The molecule has 0 bridgehead atoms. The van der Waals surface area contributed by atoms with Crippen molar-refractivity contribution in [2.24, 2.45) is 0 Å². The summed E-state index contributed by atoms with van der Waals surface area (Å²) in [6.07, 6.45) is 0. The zero-order valence-corrected chi connectivity index (χ0v) is 11.3. The number of benzene rings is 2. The van der Waals surface area contributed by atoms with Gasteiger partial charge in [0.1, 0.15) is 11.6 Å². The monoisotopic (exact) mass is 292 g/mol. The maximum absolute atomic E-state index is 13.6. The lowest BCUT2D eigenvalue weighted by molar-refractivity contribution is 0.0697. The van der Waals surface area contributed by atoms with E-state index in [4.69, 9.17) is 10.8 Å². The molecule has 0 fully saturated rings. The molecule has 2 aromatic rings. The van der Waals surface area contributed by atoms with E-state index in [9.17, 15) is 13.6 Å². The first kappa shape index (κ1) is 14.8. The minimum absolute atomic E-state index is 0.0811. The molecule has 4 nitrogen and oxygen atoms in total. The molecule has 0 aliphatic carbocycles. The number of nitrogens with two attached hydrogens (primary N) is 1. The number of anilines is 2. The molecule has 0 saturated heterocycles. The van der Waals surface area contributed by atoms with Gasteiger partial charge < -0.3 is 15.7 Å². The molecule has 0 radical (unpaired) electrons. The van der Waals surface area contributed by atoms with Crippen LogP contribution in [0.15, 0.2) is 36.4 Å². The molecule has 110 valence electrons. The fraction of sp³-hybridized carbons (Fsp3) is 0.133. The number of carboxylic acid groups (broad SMARTS) is 1. The van der Waals surface area contributed by atoms with E-state index in [1.807, 2.05) is 0 Å². The number of rotatable bonds is 4. The van der Waals surface area contributed by atoms with Gasteiger partial charge in [0.05, 0.1) is 16.9 Å². The van der Waals surface area contributed by atoms with Crippen LogP contribution >= 0.6 is 0 Å². The van der Waals surface area contributed by atoms with Crippen LogP contribution in [0, 0.1) is 11.6 Å². The van der Waals surface area contributed by atoms with Crippen molar-refractivity contribution in [1.29, 1.82) is 0 Å². The van der Waals surface area contributed by atoms with Crippen LogP contribution in [0.2, 0.25) is 0 Å². The Labute approximate surface area is 120 Å². The van der Waals surface area contributed by atoms with E-state index in [0.29, 0.717) is 11.3 Å². The van der Waals surface area contributed by atoms with Crippen LogP contribution in [-0.4, -0.2) is 18.1 Å². The van der Waals surface area contributed by atoms with Gasteiger partial charge in [0.25, 0.3) is 0 Å². The Morgan fingerprint density at radius 1 is 1.24 bits per heavy atom. The Balaban J connectivity index is 2.24. The highest BCUT2D eigenvalue weighted by Crippen LogP contribution is 2.25. The second kappa shape index (κ2) is 5.78. The van der Waals surface area contributed by atoms with Crippen LogP contribution in [0.5, 0.6) is 0 Å². The lowest BCUT2D eigenvalue weighted by Gasteiger charge is -2.21. The number of aromatic carboxylic acids is 1. The Hall–Kier alpha value is -2.63. The summed E-state index contributed by atoms with van der Waals surface area (Å²) in [6, 6.07) is 7.69. The molecule has 6 heteroatoms. The summed E-state index contributed by atoms with van der Waals surface area (Å²) in [4.78, 5) is 12.5. The molecule has 0 aliphatic heterocycles. The summed E-state index contributed by atoms with van der Waals surface area (Å²) < 4.78 is 26.5. The van der Waals surface area contributed by atoms with Crippen LogP contribution in [0.1, 0.15) is 15.9 Å². The van der Waals surface area contributed by atoms with Gasteiger partial charge in [0, 0.05) is 25.2 Å². The smallest absolute Gasteiger partial charge is 0.335 e. The van der Waals surface area contributed by atoms with Gasteiger partial charge in [-0.25, -0.2) is 13.6 Å². The molecule has 21 heavy (non-hydrogen) atoms. The van der Waals surface area contributed by atoms with Crippen molar-refractivity contribution < 1.29 is 18.7 Å². The van der Waals surface area contributed by atoms with Crippen LogP contribution in [0.4, 0.5) is 20.2 Å². The number of nitrogens with zero attached hydrogens (tertiary/aromatic N) is 1. The summed E-state index contributed by atoms with van der Waals surface area (Å²) in [5.41, 5.74) is 7.07. The molecule has 2 rings (SSSR count). The number of carbonyl (C=O) groups is 1. The van der Waals surface area contributed by atoms with Crippen LogP contribution in [0.3, 0.4) is 0 Å². The molecule has 0 saturated carbocycles. The minimum Gasteiger partial charge on any atom is -0.478 e. The Morgan fingerprint density at radius 3 is 2.52 bits per heavy atom. The van der Waals surface area contributed by atoms with Crippen LogP contribution in [0.25, 0.3) is 0 Å². The van der Waals surface area contributed by atoms with Gasteiger partial charge in [0.2, 0.25) is 0 Å². The maximum atomic E-state index is 13.6. The van der Waals surface area contributed by atoms with Crippen molar-refractivity contribution in [3.63, 3.8) is 0 Å². The standard InChI is InChI=1S/C15H14F2N2O2/c1-19(8-10-2-4-11(16)7-12(10)17)14-5-3-9(15(20)21)6-13(14)18/h2-7H,8,18H2,1H3,(H,20,21). The van der Waals surface area contributed by atoms with Gasteiger partial charge >= 0.3 is 5.97 Å². The van der Waals surface area contributed by atoms with Crippen LogP contribution in [-0.2, 0) is 6.54 Å². The summed E-state index contributed by atoms with van der Waals surface area (Å²) in [5.74, 6) is -2.34. The van der Waals surface area contributed by atoms with Crippen LogP contribution < -0.4 is 10.6 Å². The van der Waals surface area contributed by atoms with Crippen molar-refractivity contribution >= 4 is 17.3 Å². The van der Waals surface area contributed by atoms with E-state index in [2.05, 4.69) is 0 Å². The topological polar surface area (TPSA) is 66.6 Å². The van der Waals surface area contributed by atoms with Gasteiger partial charge in [0.15, 0.2) is 0 Å². The Bertz CT molecular complexity index is 689. The molecule has 0 aliphatic rings. The maximum Gasteiger partial charge on any atom is 0.335 e. The Morgan fingerprint density at radius 2 is 1.95 bits per heavy atom. The average molecular weight is 292 g/mol. The summed E-state index contributed by atoms with van der Waals surface area (Å²) in [6.45, 7) is 0.183. The molecular weight excluding hydrogens is 278 g/mol. The third-order valence-electron chi connectivity index (χ3n) is 3.11. The molecule has 2 aromatic carbocycles. The highest BCUT2D eigenvalue weighted by Gasteiger charge is 2.12. The molecule has 0 atom stereocenters. The lowest BCUT2D eigenvalue weighted by Crippen LogP contribution is -2.19. The van der Waals surface area contributed by atoms with Gasteiger partial charge in [-0.3, -0.25) is 0 Å². The lowest BCUT2D eigenvalue weighted by atomic mass is 10.1. The van der Waals surface area contributed by atoms with Crippen molar-refractivity contribution in [2.75, 3.05) is 17.7 Å². The number of nitrogen functional groups attached to an aromatic ring is 1. The normalized spacial score (nSPS) is 10.4. The van der Waals surface area contributed by atoms with E-state index in [1.165, 1.54) is 24.3 Å². The number of hydrogen-bond donors (Lipinski definition) is 2. The van der Waals surface area contributed by atoms with Crippen molar-refractivity contribution in [2.45, 2.75) is 6.54 Å². The third kappa shape index (κ3) is 3.28. The number of hydrogen-bond acceptors (Lipinski definition) is 3. The highest BCUT2D eigenvalue weighted by molar-refractivity contribution is 5.90. The van der Waals surface area contributed by atoms with E-state index in [1.54, 1.807) is 18.0 Å². The first-order chi connectivity index (χ1) is 9.88. The molecule has 3 N–H and O–H groups in total. The van der Waals surface area contributed by atoms with Crippen molar-refractivity contribution in [3.8, 4) is 0 Å². The number of halogens is 2. The van der Waals surface area contributed by atoms with Crippen molar-refractivity contribution in [3.05, 3.63) is 59.2 Å². The predicted molar refractivity (Wildman–Crippen MR) is 76.3 cm³/mol. The first-order valence-electron chi connectivity index (χ1n) is 6.16. The van der Waals surface area contributed by atoms with E-state index in [-0.39, 0.29) is 17.8 Å². The molecule has 0 heterocycles. The van der Waals surface area contributed by atoms with Gasteiger partial charge in [-0.2, -0.15) is 0 Å². The summed E-state index contributed by atoms with van der Waals surface area (Å²) in [7, 11) is 1.69. The molecule has 0 aromatic heterocycles. The van der Waals surface area contributed by atoms with Crippen molar-refractivity contribution in [1.82, 2.24) is 0 Å². The third-order valence-corrected chi connectivity index (χ3v) is 3.11. The zero-order chi connectivity index (χ0) is 15.6. The first-order valence-corrected chi connectivity index (χ1v) is 6.16. The van der Waals surface area contributed by atoms with E-state index in [0.717, 1.165) is 6.07 Å². The summed E-state index contributed by atoms with van der Waals surface area (Å²) >= 11 is 0. The van der Waals surface area contributed by atoms with Gasteiger partial charge in [-0.1, -0.05) is 6.07 Å². The molecule has 0 spiro atoms. The Kier molecular flexibility index (Phi) is 4.07. The van der Waals surface area contributed by atoms with Gasteiger partial charge in [-0.05, 0) is 24.3 Å². The fourth-order valence-corrected chi connectivity index (χ4v) is 2.03. The number of carboxylic acids is 1. The van der Waals surface area contributed by atoms with E-state index >= 15 is 0 Å². The highest BCUT2D eigenvalue weighted by atomic mass is 19.1. The largest absolute Gasteiger partial charge is 0.478 e. The molecular formula is C15H14F2N2O2. The quantitative estimate of drug-likeness (QED) is 0.850. The average Bonchev–Trinajstić information content (AvgIpc) is 2.41. The summed E-state index contributed by atoms with van der Waals surface area (Å²) in [5, 5.41) is 8.88.